The molecule has 0 saturated heterocycles. The summed E-state index contributed by atoms with van der Waals surface area (Å²) in [5.74, 6) is 0. The van der Waals surface area contributed by atoms with E-state index in [1.165, 1.54) is 0 Å². The third-order valence-electron chi connectivity index (χ3n) is 5.59. The first-order chi connectivity index (χ1) is 16.7. The van der Waals surface area contributed by atoms with Crippen LogP contribution in [0.4, 0.5) is 30.2 Å². The lowest BCUT2D eigenvalue weighted by Crippen LogP contribution is -2.30. The number of hydrogen-bond acceptors (Lipinski definition) is 5. The Morgan fingerprint density at radius 3 is 1.00 bits per heavy atom. The Kier molecular flexibility index (Phi) is 7.87. The van der Waals surface area contributed by atoms with Gasteiger partial charge in [0.1, 0.15) is 0 Å². The number of alkyl halides is 3. The van der Waals surface area contributed by atoms with Gasteiger partial charge in [-0.25, -0.2) is 0 Å². The van der Waals surface area contributed by atoms with Crippen LogP contribution < -0.4 is 14.7 Å². The van der Waals surface area contributed by atoms with Gasteiger partial charge in [0.15, 0.2) is 0 Å². The quantitative estimate of drug-likeness (QED) is 0.198. The van der Waals surface area contributed by atoms with Crippen LogP contribution in [0.1, 0.15) is 0 Å². The molecule has 3 rings (SSSR count). The largest absolute Gasteiger partial charge is 0.572 e. The summed E-state index contributed by atoms with van der Waals surface area (Å²) in [6, 6.07) is 20.4. The Hall–Kier alpha value is -2.89. The van der Waals surface area contributed by atoms with E-state index in [1.807, 2.05) is 57.0 Å². The van der Waals surface area contributed by atoms with E-state index in [4.69, 9.17) is 0 Å². The first-order valence-corrected chi connectivity index (χ1v) is 13.9. The van der Waals surface area contributed by atoms with Gasteiger partial charge in [-0.2, -0.15) is 13.2 Å². The summed E-state index contributed by atoms with van der Waals surface area (Å²) < 4.78 is 70.2. The molecular formula is C25H31F3N3O3S2+. The van der Waals surface area contributed by atoms with Crippen molar-refractivity contribution in [3.8, 4) is 0 Å². The molecule has 0 fully saturated rings. The molecule has 0 bridgehead atoms. The van der Waals surface area contributed by atoms with Crippen molar-refractivity contribution in [2.24, 2.45) is 0 Å². The second-order valence-electron chi connectivity index (χ2n) is 8.74. The molecule has 0 heterocycles. The van der Waals surface area contributed by atoms with E-state index in [2.05, 4.69) is 3.63 Å². The molecule has 0 aliphatic rings. The third-order valence-corrected chi connectivity index (χ3v) is 10.7. The van der Waals surface area contributed by atoms with Crippen LogP contribution in [0.15, 0.2) is 87.5 Å². The van der Waals surface area contributed by atoms with Crippen LogP contribution in [0.2, 0.25) is 0 Å². The third kappa shape index (κ3) is 5.42. The fourth-order valence-electron chi connectivity index (χ4n) is 3.55. The molecule has 0 amide bonds. The van der Waals surface area contributed by atoms with Gasteiger partial charge < -0.3 is 14.7 Å². The molecule has 0 aliphatic heterocycles. The van der Waals surface area contributed by atoms with Gasteiger partial charge in [0.05, 0.1) is 25.0 Å². The van der Waals surface area contributed by atoms with Crippen LogP contribution in [0.25, 0.3) is 0 Å². The number of hydrogen-bond donors (Lipinski definition) is 0. The zero-order chi connectivity index (χ0) is 26.9. The van der Waals surface area contributed by atoms with Gasteiger partial charge >= 0.3 is 15.6 Å². The molecule has 0 spiro atoms. The van der Waals surface area contributed by atoms with Crippen molar-refractivity contribution in [3.05, 3.63) is 72.8 Å². The van der Waals surface area contributed by atoms with E-state index < -0.39 is 25.9 Å². The molecule has 3 aromatic carbocycles. The van der Waals surface area contributed by atoms with Gasteiger partial charge in [0.2, 0.25) is 0 Å². The summed E-state index contributed by atoms with van der Waals surface area (Å²) in [5.41, 5.74) is -3.09. The number of nitrogens with zero attached hydrogens (tertiary/aromatic N) is 3. The molecule has 1 N–H and O–H groups in total. The summed E-state index contributed by atoms with van der Waals surface area (Å²) in [7, 11) is 1.96. The second kappa shape index (κ2) is 10.2. The number of halogens is 3. The van der Waals surface area contributed by atoms with E-state index in [0.29, 0.717) is 14.7 Å². The van der Waals surface area contributed by atoms with Gasteiger partial charge in [-0.15, -0.1) is 8.42 Å². The highest BCUT2D eigenvalue weighted by Crippen LogP contribution is 2.69. The molecule has 6 nitrogen and oxygen atoms in total. The number of rotatable bonds is 8. The van der Waals surface area contributed by atoms with Crippen LogP contribution >= 0.6 is 10.3 Å². The van der Waals surface area contributed by atoms with Crippen LogP contribution in [-0.4, -0.2) is 59.8 Å². The molecule has 196 valence electrons. The fourth-order valence-corrected chi connectivity index (χ4v) is 8.51. The molecule has 0 aromatic heterocycles. The molecule has 0 aliphatic carbocycles. The Balaban J connectivity index is 2.39. The minimum atomic E-state index is -5.85. The maximum Gasteiger partial charge on any atom is 0.572 e. The molecule has 0 saturated carbocycles. The Morgan fingerprint density at radius 1 is 0.556 bits per heavy atom. The standard InChI is InChI=1S/C25H30F3N3O3S2/c1-29(2)19-7-13-22(14-8-19)35(34-36(32,33)25(26,27)28,23-15-9-20(10-16-23)30(3)4)24-17-11-21(12-18-24)31(5)6/h7-18H,1-6H3/p+1. The van der Waals surface area contributed by atoms with Crippen LogP contribution in [0, 0.1) is 0 Å². The molecule has 36 heavy (non-hydrogen) atoms. The maximum absolute atomic E-state index is 13.7. The van der Waals surface area contributed by atoms with Crippen molar-refractivity contribution in [1.82, 2.24) is 0 Å². The van der Waals surface area contributed by atoms with E-state index in [-0.39, 0.29) is 0 Å². The summed E-state index contributed by atoms with van der Waals surface area (Å²) in [4.78, 5) is 6.66. The summed E-state index contributed by atoms with van der Waals surface area (Å²) in [5, 5.41) is 0. The normalized spacial score (nSPS) is 12.8. The van der Waals surface area contributed by atoms with Gasteiger partial charge in [0.25, 0.3) is 0 Å². The molecule has 0 radical (unpaired) electrons. The lowest BCUT2D eigenvalue weighted by molar-refractivity contribution is -0.0540. The van der Waals surface area contributed by atoms with Crippen molar-refractivity contribution in [2.75, 3.05) is 57.0 Å². The number of anilines is 3. The SMILES string of the molecule is CN(C)c1ccc(S([OH+]S(=O)(=O)C(F)(F)F)(c2ccc(N(C)C)cc2)c2ccc(N(C)C)cc2)cc1. The predicted octanol–water partition coefficient (Wildman–Crippen LogP) is 6.02. The summed E-state index contributed by atoms with van der Waals surface area (Å²) >= 11 is 0. The van der Waals surface area contributed by atoms with Crippen LogP contribution in [0.5, 0.6) is 0 Å². The van der Waals surface area contributed by atoms with Gasteiger partial charge in [-0.3, -0.25) is 3.63 Å². The molecule has 0 unspecified atom stereocenters. The highest BCUT2D eigenvalue weighted by Gasteiger charge is 2.57. The average Bonchev–Trinajstić information content (AvgIpc) is 2.82. The van der Waals surface area contributed by atoms with E-state index >= 15 is 0 Å². The zero-order valence-corrected chi connectivity index (χ0v) is 22.6. The maximum atomic E-state index is 13.7. The average molecular weight is 543 g/mol. The monoisotopic (exact) mass is 542 g/mol. The number of benzene rings is 3. The lowest BCUT2D eigenvalue weighted by Gasteiger charge is -2.35. The van der Waals surface area contributed by atoms with Crippen molar-refractivity contribution in [3.63, 3.8) is 0 Å². The summed E-state index contributed by atoms with van der Waals surface area (Å²) in [6.45, 7) is 0. The van der Waals surface area contributed by atoms with Crippen molar-refractivity contribution >= 4 is 37.5 Å². The van der Waals surface area contributed by atoms with Gasteiger partial charge in [-0.1, -0.05) is 0 Å². The Bertz CT molecular complexity index is 1150. The van der Waals surface area contributed by atoms with Gasteiger partial charge in [-0.05, 0) is 72.8 Å². The molecule has 11 heteroatoms. The zero-order valence-electron chi connectivity index (χ0n) is 21.0. The molecule has 0 atom stereocenters. The van der Waals surface area contributed by atoms with Crippen LogP contribution in [0.3, 0.4) is 0 Å². The summed E-state index contributed by atoms with van der Waals surface area (Å²) in [6.07, 6.45) is 0. The first-order valence-electron chi connectivity index (χ1n) is 10.9. The Morgan fingerprint density at radius 2 is 0.806 bits per heavy atom. The predicted molar refractivity (Wildman–Crippen MR) is 142 cm³/mol. The highest BCUT2D eigenvalue weighted by molar-refractivity contribution is 8.32. The highest BCUT2D eigenvalue weighted by atomic mass is 32.3. The fraction of sp³-hybridized carbons (Fsp3) is 0.280. The van der Waals surface area contributed by atoms with Crippen molar-refractivity contribution < 1.29 is 25.2 Å². The second-order valence-corrected chi connectivity index (χ2v) is 13.3. The van der Waals surface area contributed by atoms with Crippen LogP contribution in [-0.2, 0) is 10.1 Å². The Labute approximate surface area is 212 Å². The van der Waals surface area contributed by atoms with E-state index in [1.54, 1.807) is 72.8 Å². The minimum Gasteiger partial charge on any atom is -0.378 e. The minimum absolute atomic E-state index is 0.371. The van der Waals surface area contributed by atoms with E-state index in [9.17, 15) is 21.6 Å². The lowest BCUT2D eigenvalue weighted by atomic mass is 10.3. The van der Waals surface area contributed by atoms with Gasteiger partial charge in [0, 0.05) is 59.3 Å². The molecule has 3 aromatic rings. The first kappa shape index (κ1) is 27.7. The van der Waals surface area contributed by atoms with Crippen molar-refractivity contribution in [1.29, 1.82) is 0 Å². The van der Waals surface area contributed by atoms with Crippen molar-refractivity contribution in [2.45, 2.75) is 20.2 Å². The molecular weight excluding hydrogens is 511 g/mol. The topological polar surface area (TPSA) is 56.7 Å². The van der Waals surface area contributed by atoms with E-state index in [0.717, 1.165) is 17.1 Å². The smallest absolute Gasteiger partial charge is 0.378 e.